The average Bonchev–Trinajstić information content (AvgIpc) is 2.93. The fraction of sp³-hybridized carbons (Fsp3) is 0.562. The van der Waals surface area contributed by atoms with Crippen molar-refractivity contribution in [3.05, 3.63) is 35.9 Å². The minimum Gasteiger partial charge on any atom is -0.466 e. The van der Waals surface area contributed by atoms with Gasteiger partial charge in [-0.25, -0.2) is 0 Å². The zero-order valence-corrected chi connectivity index (χ0v) is 11.9. The van der Waals surface area contributed by atoms with E-state index in [0.717, 1.165) is 5.56 Å². The van der Waals surface area contributed by atoms with Crippen LogP contribution in [0.4, 0.5) is 0 Å². The SMILES string of the molecule is CCOC(=O)[C@@H]1[C@@H](COCc2ccccc2)C1(C)C. The first kappa shape index (κ1) is 14.1. The van der Waals surface area contributed by atoms with E-state index in [1.807, 2.05) is 37.3 Å². The van der Waals surface area contributed by atoms with Crippen molar-refractivity contribution in [2.45, 2.75) is 27.4 Å². The van der Waals surface area contributed by atoms with Gasteiger partial charge in [0.2, 0.25) is 0 Å². The number of rotatable bonds is 6. The van der Waals surface area contributed by atoms with E-state index >= 15 is 0 Å². The van der Waals surface area contributed by atoms with Crippen LogP contribution in [0.5, 0.6) is 0 Å². The molecule has 0 aromatic heterocycles. The molecule has 1 aromatic rings. The van der Waals surface area contributed by atoms with Crippen LogP contribution in [0.2, 0.25) is 0 Å². The van der Waals surface area contributed by atoms with Gasteiger partial charge in [0.25, 0.3) is 0 Å². The molecule has 0 spiro atoms. The van der Waals surface area contributed by atoms with Crippen molar-refractivity contribution in [2.24, 2.45) is 17.3 Å². The Bertz CT molecular complexity index is 425. The van der Waals surface area contributed by atoms with Crippen LogP contribution >= 0.6 is 0 Å². The smallest absolute Gasteiger partial charge is 0.309 e. The second kappa shape index (κ2) is 5.74. The predicted molar refractivity (Wildman–Crippen MR) is 73.5 cm³/mol. The van der Waals surface area contributed by atoms with E-state index < -0.39 is 0 Å². The summed E-state index contributed by atoms with van der Waals surface area (Å²) in [4.78, 5) is 11.8. The summed E-state index contributed by atoms with van der Waals surface area (Å²) in [5, 5.41) is 0. The highest BCUT2D eigenvalue weighted by molar-refractivity contribution is 5.77. The van der Waals surface area contributed by atoms with Crippen molar-refractivity contribution in [1.29, 1.82) is 0 Å². The highest BCUT2D eigenvalue weighted by Gasteiger charge is 2.62. The van der Waals surface area contributed by atoms with E-state index in [1.54, 1.807) is 0 Å². The fourth-order valence-corrected chi connectivity index (χ4v) is 2.63. The van der Waals surface area contributed by atoms with Crippen LogP contribution in [-0.4, -0.2) is 19.2 Å². The lowest BCUT2D eigenvalue weighted by Crippen LogP contribution is -2.10. The third-order valence-electron chi connectivity index (χ3n) is 4.00. The number of esters is 1. The summed E-state index contributed by atoms with van der Waals surface area (Å²) in [6, 6.07) is 10.1. The molecule has 3 heteroatoms. The van der Waals surface area contributed by atoms with Gasteiger partial charge >= 0.3 is 5.97 Å². The zero-order chi connectivity index (χ0) is 13.9. The maximum Gasteiger partial charge on any atom is 0.309 e. The molecule has 0 radical (unpaired) electrons. The van der Waals surface area contributed by atoms with Crippen molar-refractivity contribution in [3.8, 4) is 0 Å². The first-order chi connectivity index (χ1) is 9.07. The third kappa shape index (κ3) is 3.16. The molecule has 1 aromatic carbocycles. The maximum atomic E-state index is 11.8. The Morgan fingerprint density at radius 2 is 1.95 bits per heavy atom. The quantitative estimate of drug-likeness (QED) is 0.739. The first-order valence-electron chi connectivity index (χ1n) is 6.85. The minimum absolute atomic E-state index is 0.00292. The predicted octanol–water partition coefficient (Wildman–Crippen LogP) is 3.04. The summed E-state index contributed by atoms with van der Waals surface area (Å²) in [5.74, 6) is 0.180. The molecule has 0 saturated heterocycles. The standard InChI is InChI=1S/C16H22O3/c1-4-19-15(17)14-13(16(14,2)3)11-18-10-12-8-6-5-7-9-12/h5-9,13-14H,4,10-11H2,1-3H3/t13-,14+/m1/s1. The number of benzene rings is 1. The summed E-state index contributed by atoms with van der Waals surface area (Å²) < 4.78 is 10.8. The van der Waals surface area contributed by atoms with Crippen LogP contribution < -0.4 is 0 Å². The summed E-state index contributed by atoms with van der Waals surface area (Å²) in [5.41, 5.74) is 1.16. The summed E-state index contributed by atoms with van der Waals surface area (Å²) in [6.45, 7) is 7.71. The van der Waals surface area contributed by atoms with Gasteiger partial charge in [0.1, 0.15) is 0 Å². The lowest BCUT2D eigenvalue weighted by molar-refractivity contribution is -0.145. The Morgan fingerprint density at radius 1 is 1.26 bits per heavy atom. The zero-order valence-electron chi connectivity index (χ0n) is 11.9. The molecule has 0 heterocycles. The van der Waals surface area contributed by atoms with Crippen molar-refractivity contribution in [3.63, 3.8) is 0 Å². The van der Waals surface area contributed by atoms with Gasteiger partial charge in [-0.3, -0.25) is 4.79 Å². The number of hydrogen-bond acceptors (Lipinski definition) is 3. The van der Waals surface area contributed by atoms with E-state index in [2.05, 4.69) is 13.8 Å². The fourth-order valence-electron chi connectivity index (χ4n) is 2.63. The highest BCUT2D eigenvalue weighted by atomic mass is 16.5. The Labute approximate surface area is 114 Å². The molecule has 0 bridgehead atoms. The Balaban J connectivity index is 1.79. The molecule has 2 atom stereocenters. The topological polar surface area (TPSA) is 35.5 Å². The van der Waals surface area contributed by atoms with Crippen molar-refractivity contribution >= 4 is 5.97 Å². The van der Waals surface area contributed by atoms with Crippen molar-refractivity contribution in [1.82, 2.24) is 0 Å². The molecule has 104 valence electrons. The van der Waals surface area contributed by atoms with Gasteiger partial charge in [-0.15, -0.1) is 0 Å². The third-order valence-corrected chi connectivity index (χ3v) is 4.00. The summed E-state index contributed by atoms with van der Waals surface area (Å²) in [6.07, 6.45) is 0. The lowest BCUT2D eigenvalue weighted by atomic mass is 10.1. The molecule has 0 N–H and O–H groups in total. The Morgan fingerprint density at radius 3 is 2.58 bits per heavy atom. The molecule has 1 saturated carbocycles. The molecule has 0 amide bonds. The number of carbonyl (C=O) groups excluding carboxylic acids is 1. The number of hydrogen-bond donors (Lipinski definition) is 0. The summed E-state index contributed by atoms with van der Waals surface area (Å²) in [7, 11) is 0. The van der Waals surface area contributed by atoms with E-state index in [0.29, 0.717) is 19.8 Å². The van der Waals surface area contributed by atoms with Gasteiger partial charge in [0.15, 0.2) is 0 Å². The Kier molecular flexibility index (Phi) is 4.25. The second-order valence-electron chi connectivity index (χ2n) is 5.66. The maximum absolute atomic E-state index is 11.8. The molecule has 2 rings (SSSR count). The van der Waals surface area contributed by atoms with Gasteiger partial charge in [-0.05, 0) is 17.9 Å². The van der Waals surface area contributed by atoms with Crippen molar-refractivity contribution < 1.29 is 14.3 Å². The molecule has 0 aliphatic heterocycles. The number of ether oxygens (including phenoxy) is 2. The van der Waals surface area contributed by atoms with Gasteiger partial charge in [-0.2, -0.15) is 0 Å². The summed E-state index contributed by atoms with van der Waals surface area (Å²) >= 11 is 0. The molecule has 3 nitrogen and oxygen atoms in total. The number of carbonyl (C=O) groups is 1. The molecule has 19 heavy (non-hydrogen) atoms. The van der Waals surface area contributed by atoms with Gasteiger partial charge in [0.05, 0.1) is 25.7 Å². The van der Waals surface area contributed by atoms with Crippen LogP contribution in [-0.2, 0) is 20.9 Å². The van der Waals surface area contributed by atoms with E-state index in [-0.39, 0.29) is 23.2 Å². The monoisotopic (exact) mass is 262 g/mol. The van der Waals surface area contributed by atoms with Crippen LogP contribution in [0.15, 0.2) is 30.3 Å². The largest absolute Gasteiger partial charge is 0.466 e. The van der Waals surface area contributed by atoms with Gasteiger partial charge in [0, 0.05) is 5.92 Å². The molecular weight excluding hydrogens is 240 g/mol. The second-order valence-corrected chi connectivity index (χ2v) is 5.66. The highest BCUT2D eigenvalue weighted by Crippen LogP contribution is 2.58. The van der Waals surface area contributed by atoms with Gasteiger partial charge in [-0.1, -0.05) is 44.2 Å². The van der Waals surface area contributed by atoms with Crippen LogP contribution in [0.25, 0.3) is 0 Å². The van der Waals surface area contributed by atoms with Crippen LogP contribution in [0, 0.1) is 17.3 Å². The van der Waals surface area contributed by atoms with Crippen LogP contribution in [0.3, 0.4) is 0 Å². The van der Waals surface area contributed by atoms with E-state index in [4.69, 9.17) is 9.47 Å². The molecule has 1 aliphatic carbocycles. The average molecular weight is 262 g/mol. The van der Waals surface area contributed by atoms with E-state index in [1.165, 1.54) is 0 Å². The Hall–Kier alpha value is -1.35. The van der Waals surface area contributed by atoms with E-state index in [9.17, 15) is 4.79 Å². The molecular formula is C16H22O3. The van der Waals surface area contributed by atoms with Gasteiger partial charge < -0.3 is 9.47 Å². The minimum atomic E-state index is -0.0826. The molecule has 1 aliphatic rings. The normalized spacial score (nSPS) is 23.9. The molecule has 1 fully saturated rings. The first-order valence-corrected chi connectivity index (χ1v) is 6.85. The van der Waals surface area contributed by atoms with Crippen molar-refractivity contribution in [2.75, 3.05) is 13.2 Å². The molecule has 0 unspecified atom stereocenters. The lowest BCUT2D eigenvalue weighted by Gasteiger charge is -2.05. The van der Waals surface area contributed by atoms with Crippen LogP contribution in [0.1, 0.15) is 26.3 Å².